The second kappa shape index (κ2) is 4.44. The number of carbonyl (C=O) groups excluding carboxylic acids is 1. The van der Waals surface area contributed by atoms with Crippen LogP contribution >= 0.6 is 11.6 Å². The van der Waals surface area contributed by atoms with Crippen molar-refractivity contribution >= 4 is 23.2 Å². The number of hydrogen-bond acceptors (Lipinski definition) is 2. The molecule has 1 amide bonds. The first-order valence-electron chi connectivity index (χ1n) is 5.38. The van der Waals surface area contributed by atoms with Crippen LogP contribution in [0.15, 0.2) is 18.2 Å². The summed E-state index contributed by atoms with van der Waals surface area (Å²) in [6, 6.07) is 5.65. The van der Waals surface area contributed by atoms with Gasteiger partial charge in [0, 0.05) is 23.7 Å². The van der Waals surface area contributed by atoms with Crippen LogP contribution in [-0.4, -0.2) is 19.0 Å². The van der Waals surface area contributed by atoms with Gasteiger partial charge in [-0.3, -0.25) is 4.79 Å². The SMILES string of the molecule is Cc1cc(N2CC(CN)CC2=O)ccc1Cl. The minimum absolute atomic E-state index is 0.150. The summed E-state index contributed by atoms with van der Waals surface area (Å²) in [6.45, 7) is 3.22. The molecule has 2 N–H and O–H groups in total. The van der Waals surface area contributed by atoms with E-state index < -0.39 is 0 Å². The standard InChI is InChI=1S/C12H15ClN2O/c1-8-4-10(2-3-11(8)13)15-7-9(6-14)5-12(15)16/h2-4,9H,5-7,14H2,1H3. The van der Waals surface area contributed by atoms with Crippen molar-refractivity contribution in [3.05, 3.63) is 28.8 Å². The lowest BCUT2D eigenvalue weighted by Crippen LogP contribution is -2.25. The van der Waals surface area contributed by atoms with Gasteiger partial charge >= 0.3 is 0 Å². The molecular formula is C12H15ClN2O. The van der Waals surface area contributed by atoms with Gasteiger partial charge in [-0.25, -0.2) is 0 Å². The summed E-state index contributed by atoms with van der Waals surface area (Å²) < 4.78 is 0. The number of rotatable bonds is 2. The first kappa shape index (κ1) is 11.4. The molecule has 4 heteroatoms. The van der Waals surface area contributed by atoms with E-state index in [4.69, 9.17) is 17.3 Å². The Labute approximate surface area is 100 Å². The Morgan fingerprint density at radius 3 is 2.88 bits per heavy atom. The van der Waals surface area contributed by atoms with Gasteiger partial charge in [0.05, 0.1) is 0 Å². The predicted octanol–water partition coefficient (Wildman–Crippen LogP) is 1.96. The quantitative estimate of drug-likeness (QED) is 0.856. The van der Waals surface area contributed by atoms with Crippen LogP contribution in [0, 0.1) is 12.8 Å². The summed E-state index contributed by atoms with van der Waals surface area (Å²) in [7, 11) is 0. The number of carbonyl (C=O) groups is 1. The van der Waals surface area contributed by atoms with E-state index in [0.29, 0.717) is 13.0 Å². The first-order valence-corrected chi connectivity index (χ1v) is 5.76. The molecule has 1 unspecified atom stereocenters. The van der Waals surface area contributed by atoms with Crippen LogP contribution in [0.1, 0.15) is 12.0 Å². The second-order valence-corrected chi connectivity index (χ2v) is 4.65. The van der Waals surface area contributed by atoms with E-state index in [1.165, 1.54) is 0 Å². The molecule has 3 nitrogen and oxygen atoms in total. The van der Waals surface area contributed by atoms with E-state index in [9.17, 15) is 4.79 Å². The molecule has 1 heterocycles. The largest absolute Gasteiger partial charge is 0.330 e. The third kappa shape index (κ3) is 2.06. The van der Waals surface area contributed by atoms with Crippen molar-refractivity contribution in [3.8, 4) is 0 Å². The van der Waals surface area contributed by atoms with Gasteiger partial charge in [-0.1, -0.05) is 11.6 Å². The Morgan fingerprint density at radius 1 is 1.56 bits per heavy atom. The van der Waals surface area contributed by atoms with Crippen LogP contribution in [0.2, 0.25) is 5.02 Å². The number of benzene rings is 1. The van der Waals surface area contributed by atoms with E-state index in [2.05, 4.69) is 0 Å². The minimum atomic E-state index is 0.150. The van der Waals surface area contributed by atoms with Crippen LogP contribution in [0.3, 0.4) is 0 Å². The summed E-state index contributed by atoms with van der Waals surface area (Å²) in [5, 5.41) is 0.728. The van der Waals surface area contributed by atoms with Crippen LogP contribution in [0.5, 0.6) is 0 Å². The Kier molecular flexibility index (Phi) is 3.17. The molecule has 16 heavy (non-hydrogen) atoms. The fraction of sp³-hybridized carbons (Fsp3) is 0.417. The number of anilines is 1. The smallest absolute Gasteiger partial charge is 0.227 e. The maximum atomic E-state index is 11.8. The van der Waals surface area contributed by atoms with Crippen LogP contribution in [0.4, 0.5) is 5.69 Å². The molecule has 0 aromatic heterocycles. The van der Waals surface area contributed by atoms with Gasteiger partial charge in [-0.2, -0.15) is 0 Å². The highest BCUT2D eigenvalue weighted by atomic mass is 35.5. The number of aryl methyl sites for hydroxylation is 1. The second-order valence-electron chi connectivity index (χ2n) is 4.24. The zero-order valence-electron chi connectivity index (χ0n) is 9.24. The number of nitrogens with two attached hydrogens (primary N) is 1. The molecule has 1 aliphatic heterocycles. The molecule has 0 bridgehead atoms. The van der Waals surface area contributed by atoms with Gasteiger partial charge in [0.1, 0.15) is 0 Å². The molecule has 1 aromatic rings. The zero-order valence-corrected chi connectivity index (χ0v) is 10.00. The molecule has 0 radical (unpaired) electrons. The molecule has 1 fully saturated rings. The highest BCUT2D eigenvalue weighted by Gasteiger charge is 2.29. The predicted molar refractivity (Wildman–Crippen MR) is 65.7 cm³/mol. The molecule has 1 aliphatic rings. The molecule has 1 saturated heterocycles. The van der Waals surface area contributed by atoms with Crippen LogP contribution in [-0.2, 0) is 4.79 Å². The lowest BCUT2D eigenvalue weighted by molar-refractivity contribution is -0.117. The molecule has 1 aromatic carbocycles. The number of hydrogen-bond donors (Lipinski definition) is 1. The van der Waals surface area contributed by atoms with Gasteiger partial charge < -0.3 is 10.6 Å². The van der Waals surface area contributed by atoms with E-state index in [1.807, 2.05) is 25.1 Å². The van der Waals surface area contributed by atoms with Crippen LogP contribution < -0.4 is 10.6 Å². The van der Waals surface area contributed by atoms with Crippen molar-refractivity contribution in [2.24, 2.45) is 11.7 Å². The topological polar surface area (TPSA) is 46.3 Å². The first-order chi connectivity index (χ1) is 7.61. The van der Waals surface area contributed by atoms with E-state index in [0.717, 1.165) is 22.8 Å². The molecular weight excluding hydrogens is 224 g/mol. The maximum absolute atomic E-state index is 11.8. The van der Waals surface area contributed by atoms with Gasteiger partial charge in [-0.15, -0.1) is 0 Å². The Hall–Kier alpha value is -1.06. The lowest BCUT2D eigenvalue weighted by Gasteiger charge is -2.17. The lowest BCUT2D eigenvalue weighted by atomic mass is 10.1. The summed E-state index contributed by atoms with van der Waals surface area (Å²) in [5.41, 5.74) is 7.50. The molecule has 86 valence electrons. The van der Waals surface area contributed by atoms with E-state index in [-0.39, 0.29) is 11.8 Å². The van der Waals surface area contributed by atoms with Gasteiger partial charge in [0.15, 0.2) is 0 Å². The number of amides is 1. The average molecular weight is 239 g/mol. The van der Waals surface area contributed by atoms with Gasteiger partial charge in [0.25, 0.3) is 0 Å². The third-order valence-corrected chi connectivity index (χ3v) is 3.42. The van der Waals surface area contributed by atoms with Crippen molar-refractivity contribution in [2.75, 3.05) is 18.0 Å². The van der Waals surface area contributed by atoms with Crippen LogP contribution in [0.25, 0.3) is 0 Å². The molecule has 0 spiro atoms. The molecule has 2 rings (SSSR count). The third-order valence-electron chi connectivity index (χ3n) is 2.99. The van der Waals surface area contributed by atoms with Crippen molar-refractivity contribution in [1.29, 1.82) is 0 Å². The maximum Gasteiger partial charge on any atom is 0.227 e. The Balaban J connectivity index is 2.24. The Bertz CT molecular complexity index is 419. The highest BCUT2D eigenvalue weighted by molar-refractivity contribution is 6.31. The Morgan fingerprint density at radius 2 is 2.31 bits per heavy atom. The average Bonchev–Trinajstić information content (AvgIpc) is 2.64. The zero-order chi connectivity index (χ0) is 11.7. The van der Waals surface area contributed by atoms with E-state index >= 15 is 0 Å². The summed E-state index contributed by atoms with van der Waals surface area (Å²) in [5.74, 6) is 0.431. The van der Waals surface area contributed by atoms with Crippen molar-refractivity contribution in [2.45, 2.75) is 13.3 Å². The number of halogens is 1. The summed E-state index contributed by atoms with van der Waals surface area (Å²) in [4.78, 5) is 13.6. The highest BCUT2D eigenvalue weighted by Crippen LogP contribution is 2.27. The van der Waals surface area contributed by atoms with Gasteiger partial charge in [0.2, 0.25) is 5.91 Å². The molecule has 0 saturated carbocycles. The van der Waals surface area contributed by atoms with Crippen molar-refractivity contribution in [3.63, 3.8) is 0 Å². The monoisotopic (exact) mass is 238 g/mol. The van der Waals surface area contributed by atoms with Gasteiger partial charge in [-0.05, 0) is 43.1 Å². The van der Waals surface area contributed by atoms with Crippen molar-refractivity contribution in [1.82, 2.24) is 0 Å². The normalized spacial score (nSPS) is 20.6. The number of nitrogens with zero attached hydrogens (tertiary/aromatic N) is 1. The summed E-state index contributed by atoms with van der Waals surface area (Å²) >= 11 is 5.96. The van der Waals surface area contributed by atoms with E-state index in [1.54, 1.807) is 4.90 Å². The fourth-order valence-electron chi connectivity index (χ4n) is 1.99. The molecule has 1 atom stereocenters. The fourth-order valence-corrected chi connectivity index (χ4v) is 2.10. The minimum Gasteiger partial charge on any atom is -0.330 e. The molecule has 0 aliphatic carbocycles. The van der Waals surface area contributed by atoms with Crippen molar-refractivity contribution < 1.29 is 4.79 Å². The summed E-state index contributed by atoms with van der Waals surface area (Å²) in [6.07, 6.45) is 0.554.